The molecule has 0 saturated heterocycles. The maximum Gasteiger partial charge on any atom is 0.158 e. The number of aliphatic hydroxyl groups is 1. The van der Waals surface area contributed by atoms with Gasteiger partial charge in [0, 0.05) is 45.9 Å². The van der Waals surface area contributed by atoms with Gasteiger partial charge in [0.25, 0.3) is 0 Å². The lowest BCUT2D eigenvalue weighted by Gasteiger charge is -2.25. The highest BCUT2D eigenvalue weighted by atomic mass is 16.7. The fourth-order valence-electron chi connectivity index (χ4n) is 1.64. The summed E-state index contributed by atoms with van der Waals surface area (Å²) in [6, 6.07) is 0.522. The summed E-state index contributed by atoms with van der Waals surface area (Å²) in [5, 5.41) is 12.1. The number of methoxy groups -OCH3 is 2. The number of rotatable bonds is 10. The van der Waals surface area contributed by atoms with E-state index in [2.05, 4.69) is 12.2 Å². The van der Waals surface area contributed by atoms with E-state index in [1.165, 1.54) is 0 Å². The first-order chi connectivity index (χ1) is 7.67. The van der Waals surface area contributed by atoms with Crippen molar-refractivity contribution in [3.63, 3.8) is 0 Å². The molecular weight excluding hydrogens is 208 g/mol. The highest BCUT2D eigenvalue weighted by Crippen LogP contribution is 2.05. The van der Waals surface area contributed by atoms with Crippen LogP contribution in [0, 0.1) is 0 Å². The third kappa shape index (κ3) is 7.14. The van der Waals surface area contributed by atoms with Gasteiger partial charge in [-0.05, 0) is 19.8 Å². The Morgan fingerprint density at radius 1 is 1.31 bits per heavy atom. The van der Waals surface area contributed by atoms with Crippen LogP contribution in [0.15, 0.2) is 0 Å². The smallest absolute Gasteiger partial charge is 0.158 e. The number of aliphatic hydroxyl groups excluding tert-OH is 1. The fraction of sp³-hybridized carbons (Fsp3) is 1.00. The Morgan fingerprint density at radius 2 is 1.94 bits per heavy atom. The van der Waals surface area contributed by atoms with Crippen molar-refractivity contribution in [3.8, 4) is 0 Å². The van der Waals surface area contributed by atoms with Crippen LogP contribution in [0.4, 0.5) is 0 Å². The highest BCUT2D eigenvalue weighted by Gasteiger charge is 2.16. The SMILES string of the molecule is COC(CC(CN)NC(C)CCCO)OC. The minimum atomic E-state index is -0.217. The molecule has 0 rings (SSSR count). The third-order valence-corrected chi connectivity index (χ3v) is 2.60. The molecule has 0 amide bonds. The molecule has 2 unspecified atom stereocenters. The van der Waals surface area contributed by atoms with E-state index in [1.807, 2.05) is 0 Å². The largest absolute Gasteiger partial charge is 0.396 e. The van der Waals surface area contributed by atoms with E-state index in [4.69, 9.17) is 20.3 Å². The number of hydrogen-bond donors (Lipinski definition) is 3. The molecule has 0 fully saturated rings. The van der Waals surface area contributed by atoms with E-state index >= 15 is 0 Å². The van der Waals surface area contributed by atoms with Gasteiger partial charge in [0.05, 0.1) is 0 Å². The lowest BCUT2D eigenvalue weighted by atomic mass is 10.1. The molecule has 98 valence electrons. The molecule has 5 nitrogen and oxygen atoms in total. The number of nitrogens with one attached hydrogen (secondary N) is 1. The van der Waals surface area contributed by atoms with Crippen molar-refractivity contribution in [2.45, 2.75) is 44.6 Å². The Labute approximate surface area is 98.3 Å². The molecule has 0 radical (unpaired) electrons. The van der Waals surface area contributed by atoms with Gasteiger partial charge in [-0.3, -0.25) is 0 Å². The van der Waals surface area contributed by atoms with Crippen LogP contribution < -0.4 is 11.1 Å². The second kappa shape index (κ2) is 9.99. The monoisotopic (exact) mass is 234 g/mol. The number of hydrogen-bond acceptors (Lipinski definition) is 5. The minimum Gasteiger partial charge on any atom is -0.396 e. The molecule has 16 heavy (non-hydrogen) atoms. The topological polar surface area (TPSA) is 76.7 Å². The van der Waals surface area contributed by atoms with Gasteiger partial charge in [-0.1, -0.05) is 0 Å². The molecule has 0 heterocycles. The maximum atomic E-state index is 8.74. The molecule has 0 bridgehead atoms. The lowest BCUT2D eigenvalue weighted by Crippen LogP contribution is -2.44. The molecular formula is C11H26N2O3. The molecule has 0 aromatic rings. The Bertz CT molecular complexity index is 154. The van der Waals surface area contributed by atoms with Gasteiger partial charge >= 0.3 is 0 Å². The number of ether oxygens (including phenoxy) is 2. The average molecular weight is 234 g/mol. The Balaban J connectivity index is 3.88. The fourth-order valence-corrected chi connectivity index (χ4v) is 1.64. The molecule has 0 aliphatic carbocycles. The summed E-state index contributed by atoms with van der Waals surface area (Å²) in [7, 11) is 3.24. The standard InChI is InChI=1S/C11H26N2O3/c1-9(5-4-6-14)13-10(8-12)7-11(15-2)16-3/h9-11,13-14H,4-8,12H2,1-3H3. The van der Waals surface area contributed by atoms with Crippen molar-refractivity contribution in [1.29, 1.82) is 0 Å². The van der Waals surface area contributed by atoms with Crippen molar-refractivity contribution in [2.24, 2.45) is 5.73 Å². The first-order valence-electron chi connectivity index (χ1n) is 5.80. The molecule has 2 atom stereocenters. The van der Waals surface area contributed by atoms with Gasteiger partial charge in [0.15, 0.2) is 6.29 Å². The van der Waals surface area contributed by atoms with Gasteiger partial charge < -0.3 is 25.6 Å². The second-order valence-electron chi connectivity index (χ2n) is 4.00. The van der Waals surface area contributed by atoms with E-state index < -0.39 is 0 Å². The zero-order valence-corrected chi connectivity index (χ0v) is 10.6. The minimum absolute atomic E-state index is 0.179. The van der Waals surface area contributed by atoms with Crippen molar-refractivity contribution in [1.82, 2.24) is 5.32 Å². The predicted octanol–water partition coefficient (Wildman–Crippen LogP) is 0.0733. The number of nitrogens with two attached hydrogens (primary N) is 1. The summed E-state index contributed by atoms with van der Waals surface area (Å²) in [5.41, 5.74) is 5.68. The van der Waals surface area contributed by atoms with Crippen LogP contribution in [0.3, 0.4) is 0 Å². The molecule has 0 saturated carbocycles. The van der Waals surface area contributed by atoms with E-state index in [-0.39, 0.29) is 18.9 Å². The molecule has 0 aromatic carbocycles. The molecule has 5 heteroatoms. The summed E-state index contributed by atoms with van der Waals surface area (Å²) in [6.07, 6.45) is 2.26. The van der Waals surface area contributed by atoms with E-state index in [0.29, 0.717) is 12.6 Å². The first-order valence-corrected chi connectivity index (χ1v) is 5.80. The molecule has 0 spiro atoms. The maximum absolute atomic E-state index is 8.74. The second-order valence-corrected chi connectivity index (χ2v) is 4.00. The predicted molar refractivity (Wildman–Crippen MR) is 64.2 cm³/mol. The Hall–Kier alpha value is -0.200. The lowest BCUT2D eigenvalue weighted by molar-refractivity contribution is -0.110. The van der Waals surface area contributed by atoms with Gasteiger partial charge in [0.2, 0.25) is 0 Å². The average Bonchev–Trinajstić information content (AvgIpc) is 2.31. The summed E-state index contributed by atoms with van der Waals surface area (Å²) in [4.78, 5) is 0. The van der Waals surface area contributed by atoms with Crippen LogP contribution in [0.5, 0.6) is 0 Å². The van der Waals surface area contributed by atoms with Crippen LogP contribution in [-0.4, -0.2) is 50.9 Å². The van der Waals surface area contributed by atoms with E-state index in [9.17, 15) is 0 Å². The summed E-state index contributed by atoms with van der Waals surface area (Å²) >= 11 is 0. The Morgan fingerprint density at radius 3 is 2.38 bits per heavy atom. The van der Waals surface area contributed by atoms with Crippen LogP contribution in [0.25, 0.3) is 0 Å². The van der Waals surface area contributed by atoms with Crippen LogP contribution >= 0.6 is 0 Å². The third-order valence-electron chi connectivity index (χ3n) is 2.60. The zero-order chi connectivity index (χ0) is 12.4. The van der Waals surface area contributed by atoms with Crippen molar-refractivity contribution < 1.29 is 14.6 Å². The Kier molecular flexibility index (Phi) is 9.86. The van der Waals surface area contributed by atoms with Crippen LogP contribution in [-0.2, 0) is 9.47 Å². The first kappa shape index (κ1) is 15.8. The van der Waals surface area contributed by atoms with Gasteiger partial charge in [-0.25, -0.2) is 0 Å². The van der Waals surface area contributed by atoms with Gasteiger partial charge in [-0.15, -0.1) is 0 Å². The summed E-state index contributed by atoms with van der Waals surface area (Å²) in [5.74, 6) is 0. The normalized spacial score (nSPS) is 15.4. The highest BCUT2D eigenvalue weighted by molar-refractivity contribution is 4.73. The van der Waals surface area contributed by atoms with Crippen molar-refractivity contribution in [2.75, 3.05) is 27.4 Å². The van der Waals surface area contributed by atoms with Crippen molar-refractivity contribution in [3.05, 3.63) is 0 Å². The summed E-state index contributed by atoms with van der Waals surface area (Å²) < 4.78 is 10.3. The van der Waals surface area contributed by atoms with Gasteiger partial charge in [-0.2, -0.15) is 0 Å². The quantitative estimate of drug-likeness (QED) is 0.466. The van der Waals surface area contributed by atoms with E-state index in [1.54, 1.807) is 14.2 Å². The molecule has 0 aromatic heterocycles. The molecule has 0 aliphatic rings. The molecule has 0 aliphatic heterocycles. The van der Waals surface area contributed by atoms with Crippen molar-refractivity contribution >= 4 is 0 Å². The van der Waals surface area contributed by atoms with Crippen LogP contribution in [0.1, 0.15) is 26.2 Å². The summed E-state index contributed by atoms with van der Waals surface area (Å²) in [6.45, 7) is 2.87. The van der Waals surface area contributed by atoms with E-state index in [0.717, 1.165) is 19.3 Å². The van der Waals surface area contributed by atoms with Crippen LogP contribution in [0.2, 0.25) is 0 Å². The van der Waals surface area contributed by atoms with Gasteiger partial charge in [0.1, 0.15) is 0 Å². The zero-order valence-electron chi connectivity index (χ0n) is 10.6. The molecule has 4 N–H and O–H groups in total.